The van der Waals surface area contributed by atoms with E-state index in [4.69, 9.17) is 0 Å². The Morgan fingerprint density at radius 1 is 1.38 bits per heavy atom. The number of hydrogen-bond acceptors (Lipinski definition) is 2. The second-order valence-electron chi connectivity index (χ2n) is 2.69. The molecule has 1 heterocycles. The Kier molecular flexibility index (Phi) is 2.10. The van der Waals surface area contributed by atoms with Gasteiger partial charge in [0.05, 0.1) is 5.52 Å². The molecule has 0 atom stereocenters. The molecule has 0 saturated carbocycles. The second-order valence-corrected chi connectivity index (χ2v) is 3.60. The van der Waals surface area contributed by atoms with E-state index >= 15 is 0 Å². The molecular formula is C10H6BrNO. The largest absolute Gasteiger partial charge is 0.298 e. The summed E-state index contributed by atoms with van der Waals surface area (Å²) >= 11 is 3.32. The van der Waals surface area contributed by atoms with Crippen LogP contribution in [0, 0.1) is 0 Å². The topological polar surface area (TPSA) is 30.0 Å². The van der Waals surface area contributed by atoms with Crippen molar-refractivity contribution in [3.8, 4) is 0 Å². The molecule has 13 heavy (non-hydrogen) atoms. The lowest BCUT2D eigenvalue weighted by Crippen LogP contribution is -1.85. The highest BCUT2D eigenvalue weighted by Gasteiger charge is 2.00. The van der Waals surface area contributed by atoms with Crippen LogP contribution in [-0.2, 0) is 0 Å². The first-order valence-electron chi connectivity index (χ1n) is 3.81. The molecule has 1 aromatic carbocycles. The van der Waals surface area contributed by atoms with E-state index in [2.05, 4.69) is 20.9 Å². The van der Waals surface area contributed by atoms with E-state index in [9.17, 15) is 4.79 Å². The van der Waals surface area contributed by atoms with E-state index in [1.165, 1.54) is 0 Å². The molecule has 3 heteroatoms. The van der Waals surface area contributed by atoms with Crippen LogP contribution in [0.5, 0.6) is 0 Å². The predicted molar refractivity (Wildman–Crippen MR) is 54.8 cm³/mol. The van der Waals surface area contributed by atoms with Gasteiger partial charge in [0.1, 0.15) is 0 Å². The average Bonchev–Trinajstić information content (AvgIpc) is 2.17. The van der Waals surface area contributed by atoms with Gasteiger partial charge in [-0.25, -0.2) is 0 Å². The number of hydrogen-bond donors (Lipinski definition) is 0. The number of benzene rings is 1. The molecule has 64 valence electrons. The Bertz CT molecular complexity index is 467. The molecular weight excluding hydrogens is 230 g/mol. The third-order valence-corrected chi connectivity index (χ3v) is 2.29. The van der Waals surface area contributed by atoms with Gasteiger partial charge < -0.3 is 0 Å². The lowest BCUT2D eigenvalue weighted by Gasteiger charge is -1.99. The predicted octanol–water partition coefficient (Wildman–Crippen LogP) is 2.81. The van der Waals surface area contributed by atoms with Gasteiger partial charge in [-0.15, -0.1) is 0 Å². The number of nitrogens with zero attached hydrogens (tertiary/aromatic N) is 1. The smallest absolute Gasteiger partial charge is 0.150 e. The van der Waals surface area contributed by atoms with Crippen LogP contribution in [0.3, 0.4) is 0 Å². The fraction of sp³-hybridized carbons (Fsp3) is 0. The summed E-state index contributed by atoms with van der Waals surface area (Å²) in [5.74, 6) is 0. The van der Waals surface area contributed by atoms with E-state index in [0.29, 0.717) is 5.56 Å². The summed E-state index contributed by atoms with van der Waals surface area (Å²) in [6.45, 7) is 0. The van der Waals surface area contributed by atoms with E-state index in [0.717, 1.165) is 21.7 Å². The number of aldehydes is 1. The quantitative estimate of drug-likeness (QED) is 0.712. The molecule has 0 unspecified atom stereocenters. The maximum absolute atomic E-state index is 10.7. The highest BCUT2D eigenvalue weighted by molar-refractivity contribution is 9.10. The summed E-state index contributed by atoms with van der Waals surface area (Å²) < 4.78 is 0.884. The van der Waals surface area contributed by atoms with Gasteiger partial charge in [-0.3, -0.25) is 9.78 Å². The molecule has 0 fully saturated rings. The van der Waals surface area contributed by atoms with Crippen LogP contribution in [0.15, 0.2) is 34.9 Å². The maximum Gasteiger partial charge on any atom is 0.150 e. The highest BCUT2D eigenvalue weighted by atomic mass is 79.9. The Labute approximate surface area is 83.7 Å². The van der Waals surface area contributed by atoms with Gasteiger partial charge in [0.25, 0.3) is 0 Å². The standard InChI is InChI=1S/C10H6BrNO/c11-8-4-9-7(6-13)2-1-3-10(9)12-5-8/h1-6H. The Balaban J connectivity index is 2.86. The molecule has 1 aromatic heterocycles. The number of carbonyl (C=O) groups excluding carboxylic acids is 1. The summed E-state index contributed by atoms with van der Waals surface area (Å²) in [7, 11) is 0. The van der Waals surface area contributed by atoms with Crippen molar-refractivity contribution in [1.29, 1.82) is 0 Å². The van der Waals surface area contributed by atoms with E-state index < -0.39 is 0 Å². The molecule has 0 N–H and O–H groups in total. The summed E-state index contributed by atoms with van der Waals surface area (Å²) in [4.78, 5) is 14.9. The zero-order valence-corrected chi connectivity index (χ0v) is 8.28. The molecule has 0 aliphatic heterocycles. The monoisotopic (exact) mass is 235 g/mol. The van der Waals surface area contributed by atoms with Gasteiger partial charge in [-0.1, -0.05) is 12.1 Å². The van der Waals surface area contributed by atoms with Crippen LogP contribution in [0.25, 0.3) is 10.9 Å². The molecule has 0 radical (unpaired) electrons. The van der Waals surface area contributed by atoms with Gasteiger partial charge in [0.2, 0.25) is 0 Å². The fourth-order valence-corrected chi connectivity index (χ4v) is 1.58. The fourth-order valence-electron chi connectivity index (χ4n) is 1.25. The second kappa shape index (κ2) is 3.26. The van der Waals surface area contributed by atoms with Gasteiger partial charge in [-0.2, -0.15) is 0 Å². The molecule has 0 bridgehead atoms. The number of halogens is 1. The minimum Gasteiger partial charge on any atom is -0.298 e. The first-order chi connectivity index (χ1) is 6.31. The average molecular weight is 236 g/mol. The van der Waals surface area contributed by atoms with E-state index in [1.54, 1.807) is 12.3 Å². The lowest BCUT2D eigenvalue weighted by molar-refractivity contribution is 0.112. The van der Waals surface area contributed by atoms with Crippen molar-refractivity contribution in [2.45, 2.75) is 0 Å². The number of aromatic nitrogens is 1. The maximum atomic E-state index is 10.7. The van der Waals surface area contributed by atoms with Crippen LogP contribution < -0.4 is 0 Å². The van der Waals surface area contributed by atoms with Crippen LogP contribution in [0.4, 0.5) is 0 Å². The van der Waals surface area contributed by atoms with Crippen molar-refractivity contribution in [3.05, 3.63) is 40.5 Å². The molecule has 0 spiro atoms. The molecule has 2 rings (SSSR count). The van der Waals surface area contributed by atoms with Crippen LogP contribution >= 0.6 is 15.9 Å². The van der Waals surface area contributed by atoms with Crippen molar-refractivity contribution in [2.75, 3.05) is 0 Å². The van der Waals surface area contributed by atoms with Crippen molar-refractivity contribution < 1.29 is 4.79 Å². The van der Waals surface area contributed by atoms with Crippen LogP contribution in [0.1, 0.15) is 10.4 Å². The number of pyridine rings is 1. The third kappa shape index (κ3) is 1.47. The van der Waals surface area contributed by atoms with Crippen molar-refractivity contribution >= 4 is 33.1 Å². The van der Waals surface area contributed by atoms with Crippen molar-refractivity contribution in [2.24, 2.45) is 0 Å². The molecule has 0 aliphatic carbocycles. The van der Waals surface area contributed by atoms with E-state index in [1.807, 2.05) is 18.2 Å². The van der Waals surface area contributed by atoms with Crippen LogP contribution in [0.2, 0.25) is 0 Å². The van der Waals surface area contributed by atoms with Gasteiger partial charge in [-0.05, 0) is 28.1 Å². The molecule has 2 nitrogen and oxygen atoms in total. The summed E-state index contributed by atoms with van der Waals surface area (Å²) in [5, 5.41) is 0.881. The number of carbonyl (C=O) groups is 1. The van der Waals surface area contributed by atoms with Gasteiger partial charge in [0, 0.05) is 21.6 Å². The molecule has 0 saturated heterocycles. The van der Waals surface area contributed by atoms with Crippen LogP contribution in [-0.4, -0.2) is 11.3 Å². The Morgan fingerprint density at radius 3 is 3.00 bits per heavy atom. The number of rotatable bonds is 1. The first kappa shape index (κ1) is 8.38. The normalized spacial score (nSPS) is 10.2. The first-order valence-corrected chi connectivity index (χ1v) is 4.60. The van der Waals surface area contributed by atoms with Crippen molar-refractivity contribution in [1.82, 2.24) is 4.98 Å². The summed E-state index contributed by atoms with van der Waals surface area (Å²) in [6, 6.07) is 7.39. The summed E-state index contributed by atoms with van der Waals surface area (Å²) in [6.07, 6.45) is 2.56. The zero-order valence-electron chi connectivity index (χ0n) is 6.70. The molecule has 0 aliphatic rings. The lowest BCUT2D eigenvalue weighted by atomic mass is 10.1. The molecule has 2 aromatic rings. The number of fused-ring (bicyclic) bond motifs is 1. The minimum atomic E-state index is 0.673. The van der Waals surface area contributed by atoms with E-state index in [-0.39, 0.29) is 0 Å². The third-order valence-electron chi connectivity index (χ3n) is 1.85. The minimum absolute atomic E-state index is 0.673. The Morgan fingerprint density at radius 2 is 2.23 bits per heavy atom. The summed E-state index contributed by atoms with van der Waals surface area (Å²) in [5.41, 5.74) is 1.51. The van der Waals surface area contributed by atoms with Gasteiger partial charge >= 0.3 is 0 Å². The highest BCUT2D eigenvalue weighted by Crippen LogP contribution is 2.19. The van der Waals surface area contributed by atoms with Gasteiger partial charge in [0.15, 0.2) is 6.29 Å². The SMILES string of the molecule is O=Cc1cccc2ncc(Br)cc12. The Hall–Kier alpha value is -1.22. The molecule has 0 amide bonds. The zero-order chi connectivity index (χ0) is 9.26. The van der Waals surface area contributed by atoms with Crippen molar-refractivity contribution in [3.63, 3.8) is 0 Å².